The average molecular weight is 400 g/mol. The summed E-state index contributed by atoms with van der Waals surface area (Å²) < 4.78 is 3.74. The van der Waals surface area contributed by atoms with Gasteiger partial charge in [0.25, 0.3) is 11.8 Å². The van der Waals surface area contributed by atoms with Gasteiger partial charge in [-0.15, -0.1) is 0 Å². The predicted octanol–water partition coefficient (Wildman–Crippen LogP) is 2.84. The maximum absolute atomic E-state index is 12.7. The Morgan fingerprint density at radius 1 is 1.23 bits per heavy atom. The van der Waals surface area contributed by atoms with Gasteiger partial charge in [0.1, 0.15) is 11.4 Å². The van der Waals surface area contributed by atoms with Crippen LogP contribution in [0, 0.1) is 0 Å². The lowest BCUT2D eigenvalue weighted by Gasteiger charge is -2.23. The fourth-order valence-corrected chi connectivity index (χ4v) is 3.79. The topological polar surface area (TPSA) is 93.8 Å². The minimum atomic E-state index is -0.321. The third-order valence-electron chi connectivity index (χ3n) is 5.24. The van der Waals surface area contributed by atoms with E-state index in [1.54, 1.807) is 29.2 Å². The molecule has 5 rings (SSSR count). The van der Waals surface area contributed by atoms with Crippen LogP contribution in [0.2, 0.25) is 0 Å². The summed E-state index contributed by atoms with van der Waals surface area (Å²) in [6.07, 6.45) is 3.40. The molecule has 2 amide bonds. The van der Waals surface area contributed by atoms with E-state index >= 15 is 0 Å². The molecule has 4 heterocycles. The maximum Gasteiger partial charge on any atom is 0.274 e. The van der Waals surface area contributed by atoms with E-state index in [2.05, 4.69) is 20.7 Å². The van der Waals surface area contributed by atoms with E-state index in [0.29, 0.717) is 30.0 Å². The van der Waals surface area contributed by atoms with Crippen LogP contribution in [0.25, 0.3) is 11.0 Å². The third kappa shape index (κ3) is 3.22. The molecule has 0 bridgehead atoms. The summed E-state index contributed by atoms with van der Waals surface area (Å²) >= 11 is 0. The summed E-state index contributed by atoms with van der Waals surface area (Å²) in [4.78, 5) is 29.3. The van der Waals surface area contributed by atoms with Crippen LogP contribution in [0.1, 0.15) is 39.5 Å². The van der Waals surface area contributed by atoms with Gasteiger partial charge in [-0.25, -0.2) is 4.98 Å². The largest absolute Gasteiger partial charge is 0.349 e. The van der Waals surface area contributed by atoms with E-state index in [1.165, 1.54) is 0 Å². The molecule has 1 aromatic carbocycles. The number of anilines is 1. The molecule has 1 atom stereocenters. The molecule has 1 unspecified atom stereocenters. The van der Waals surface area contributed by atoms with Crippen LogP contribution < -0.4 is 10.6 Å². The van der Waals surface area contributed by atoms with Crippen molar-refractivity contribution in [3.05, 3.63) is 77.9 Å². The number of rotatable bonds is 4. The van der Waals surface area contributed by atoms with Crippen molar-refractivity contribution in [2.75, 3.05) is 11.9 Å². The SMILES string of the molecule is CC1CNC(=O)c2cc3nc(C(=O)Nc4cnn(Cc5ccccc5)c4)ccc3n21. The van der Waals surface area contributed by atoms with E-state index in [4.69, 9.17) is 0 Å². The van der Waals surface area contributed by atoms with E-state index in [0.717, 1.165) is 11.1 Å². The molecule has 0 saturated heterocycles. The molecule has 30 heavy (non-hydrogen) atoms. The second kappa shape index (κ2) is 7.14. The van der Waals surface area contributed by atoms with Gasteiger partial charge in [-0.05, 0) is 30.7 Å². The van der Waals surface area contributed by atoms with Crippen LogP contribution in [0.4, 0.5) is 5.69 Å². The molecule has 0 spiro atoms. The van der Waals surface area contributed by atoms with Gasteiger partial charge in [-0.1, -0.05) is 30.3 Å². The quantitative estimate of drug-likeness (QED) is 0.551. The minimum absolute atomic E-state index is 0.122. The number of carbonyl (C=O) groups is 2. The van der Waals surface area contributed by atoms with Crippen LogP contribution in [-0.4, -0.2) is 37.7 Å². The first kappa shape index (κ1) is 18.1. The first-order chi connectivity index (χ1) is 14.6. The van der Waals surface area contributed by atoms with E-state index in [9.17, 15) is 9.59 Å². The van der Waals surface area contributed by atoms with Crippen LogP contribution in [0.5, 0.6) is 0 Å². The molecular weight excluding hydrogens is 380 g/mol. The normalized spacial score (nSPS) is 15.6. The smallest absolute Gasteiger partial charge is 0.274 e. The molecule has 0 saturated carbocycles. The monoisotopic (exact) mass is 400 g/mol. The fourth-order valence-electron chi connectivity index (χ4n) is 3.79. The van der Waals surface area contributed by atoms with Crippen molar-refractivity contribution in [1.29, 1.82) is 0 Å². The number of aromatic nitrogens is 4. The minimum Gasteiger partial charge on any atom is -0.349 e. The number of hydrogen-bond acceptors (Lipinski definition) is 4. The molecule has 3 aromatic heterocycles. The number of nitrogens with zero attached hydrogens (tertiary/aromatic N) is 4. The summed E-state index contributed by atoms with van der Waals surface area (Å²) in [6, 6.07) is 15.4. The number of hydrogen-bond donors (Lipinski definition) is 2. The van der Waals surface area contributed by atoms with Gasteiger partial charge >= 0.3 is 0 Å². The lowest BCUT2D eigenvalue weighted by Crippen LogP contribution is -2.37. The third-order valence-corrected chi connectivity index (χ3v) is 5.24. The number of carbonyl (C=O) groups excluding carboxylic acids is 2. The highest BCUT2D eigenvalue weighted by Gasteiger charge is 2.25. The fraction of sp³-hybridized carbons (Fsp3) is 0.182. The summed E-state index contributed by atoms with van der Waals surface area (Å²) in [5.74, 6) is -0.444. The molecule has 2 N–H and O–H groups in total. The lowest BCUT2D eigenvalue weighted by molar-refractivity contribution is 0.0918. The highest BCUT2D eigenvalue weighted by atomic mass is 16.2. The second-order valence-corrected chi connectivity index (χ2v) is 7.43. The number of fused-ring (bicyclic) bond motifs is 3. The Morgan fingerprint density at radius 2 is 2.07 bits per heavy atom. The first-order valence-electron chi connectivity index (χ1n) is 9.76. The van der Waals surface area contributed by atoms with Gasteiger partial charge in [0.2, 0.25) is 0 Å². The number of benzene rings is 1. The summed E-state index contributed by atoms with van der Waals surface area (Å²) in [6.45, 7) is 3.23. The Hall–Kier alpha value is -3.94. The van der Waals surface area contributed by atoms with Gasteiger partial charge in [0, 0.05) is 18.8 Å². The van der Waals surface area contributed by atoms with Crippen LogP contribution in [0.3, 0.4) is 0 Å². The second-order valence-electron chi connectivity index (χ2n) is 7.43. The molecule has 1 aliphatic heterocycles. The van der Waals surface area contributed by atoms with Crippen LogP contribution in [0.15, 0.2) is 60.9 Å². The van der Waals surface area contributed by atoms with Gasteiger partial charge in [-0.3, -0.25) is 14.3 Å². The lowest BCUT2D eigenvalue weighted by atomic mass is 10.2. The summed E-state index contributed by atoms with van der Waals surface area (Å²) in [7, 11) is 0. The summed E-state index contributed by atoms with van der Waals surface area (Å²) in [5, 5.41) is 10.0. The molecule has 0 radical (unpaired) electrons. The molecular formula is C22H20N6O2. The van der Waals surface area contributed by atoms with E-state index < -0.39 is 0 Å². The molecule has 0 fully saturated rings. The number of pyridine rings is 1. The maximum atomic E-state index is 12.7. The van der Waals surface area contributed by atoms with E-state index in [1.807, 2.05) is 47.9 Å². The Balaban J connectivity index is 1.36. The van der Waals surface area contributed by atoms with E-state index in [-0.39, 0.29) is 23.6 Å². The zero-order chi connectivity index (χ0) is 20.7. The Morgan fingerprint density at radius 3 is 2.90 bits per heavy atom. The van der Waals surface area contributed by atoms with Crippen molar-refractivity contribution in [3.8, 4) is 0 Å². The van der Waals surface area contributed by atoms with Gasteiger partial charge < -0.3 is 15.2 Å². The van der Waals surface area contributed by atoms with Gasteiger partial charge in [-0.2, -0.15) is 5.10 Å². The zero-order valence-electron chi connectivity index (χ0n) is 16.4. The van der Waals surface area contributed by atoms with Crippen molar-refractivity contribution in [2.24, 2.45) is 0 Å². The van der Waals surface area contributed by atoms with Crippen molar-refractivity contribution in [2.45, 2.75) is 19.5 Å². The zero-order valence-corrected chi connectivity index (χ0v) is 16.4. The molecule has 4 aromatic rings. The average Bonchev–Trinajstić information content (AvgIpc) is 3.36. The van der Waals surface area contributed by atoms with Crippen molar-refractivity contribution < 1.29 is 9.59 Å². The Labute approximate surface area is 172 Å². The molecule has 8 heteroatoms. The van der Waals surface area contributed by atoms with Gasteiger partial charge in [0.15, 0.2) is 0 Å². The standard InChI is InChI=1S/C22H20N6O2/c1-14-10-23-22(30)20-9-18-19(28(14)20)8-7-17(26-18)21(29)25-16-11-24-27(13-16)12-15-5-3-2-4-6-15/h2-9,11,13-14H,10,12H2,1H3,(H,23,30)(H,25,29). The number of nitrogens with one attached hydrogen (secondary N) is 2. The molecule has 8 nitrogen and oxygen atoms in total. The highest BCUT2D eigenvalue weighted by molar-refractivity contribution is 6.04. The molecule has 0 aliphatic carbocycles. The van der Waals surface area contributed by atoms with Crippen LogP contribution in [-0.2, 0) is 6.54 Å². The Kier molecular flexibility index (Phi) is 4.31. The predicted molar refractivity (Wildman–Crippen MR) is 113 cm³/mol. The molecule has 1 aliphatic rings. The first-order valence-corrected chi connectivity index (χ1v) is 9.76. The number of amides is 2. The van der Waals surface area contributed by atoms with Crippen molar-refractivity contribution in [1.82, 2.24) is 24.6 Å². The van der Waals surface area contributed by atoms with Crippen LogP contribution >= 0.6 is 0 Å². The van der Waals surface area contributed by atoms with Crippen molar-refractivity contribution >= 4 is 28.5 Å². The van der Waals surface area contributed by atoms with Gasteiger partial charge in [0.05, 0.1) is 29.5 Å². The molecule has 150 valence electrons. The summed E-state index contributed by atoms with van der Waals surface area (Å²) in [5.41, 5.74) is 4.05. The Bertz CT molecular complexity index is 1260. The van der Waals surface area contributed by atoms with Crippen molar-refractivity contribution in [3.63, 3.8) is 0 Å². The highest BCUT2D eigenvalue weighted by Crippen LogP contribution is 2.26.